The molecule has 1 fully saturated rings. The topological polar surface area (TPSA) is 67.4 Å². The molecule has 0 aliphatic carbocycles. The summed E-state index contributed by atoms with van der Waals surface area (Å²) >= 11 is 0. The van der Waals surface area contributed by atoms with Gasteiger partial charge in [0.1, 0.15) is 0 Å². The van der Waals surface area contributed by atoms with Gasteiger partial charge in [0.25, 0.3) is 0 Å². The van der Waals surface area contributed by atoms with Crippen molar-refractivity contribution in [2.75, 3.05) is 67.2 Å². The molecule has 0 radical (unpaired) electrons. The summed E-state index contributed by atoms with van der Waals surface area (Å²) in [6.07, 6.45) is 0.879. The Hall–Kier alpha value is -1.26. The normalized spacial score (nSPS) is 16.1. The molecule has 0 saturated carbocycles. The molecule has 0 amide bonds. The van der Waals surface area contributed by atoms with Crippen molar-refractivity contribution in [1.82, 2.24) is 15.5 Å². The third-order valence-corrected chi connectivity index (χ3v) is 4.67. The Morgan fingerprint density at radius 3 is 2.54 bits per heavy atom. The van der Waals surface area contributed by atoms with E-state index in [-0.39, 0.29) is 24.0 Å². The first-order valence-corrected chi connectivity index (χ1v) is 9.61. The van der Waals surface area contributed by atoms with Gasteiger partial charge in [-0.15, -0.1) is 24.0 Å². The van der Waals surface area contributed by atoms with Gasteiger partial charge < -0.3 is 24.8 Å². The average Bonchev–Trinajstić information content (AvgIpc) is 2.71. The highest BCUT2D eigenvalue weighted by Crippen LogP contribution is 2.27. The van der Waals surface area contributed by atoms with Crippen LogP contribution in [0, 0.1) is 5.92 Å². The second kappa shape index (κ2) is 13.8. The number of methoxy groups -OCH3 is 2. The summed E-state index contributed by atoms with van der Waals surface area (Å²) < 4.78 is 16.0. The van der Waals surface area contributed by atoms with E-state index >= 15 is 0 Å². The van der Waals surface area contributed by atoms with Crippen molar-refractivity contribution in [3.63, 3.8) is 0 Å². The molecule has 0 bridgehead atoms. The molecule has 0 aromatic heterocycles. The van der Waals surface area contributed by atoms with Crippen LogP contribution >= 0.6 is 24.0 Å². The maximum absolute atomic E-state index is 5.40. The summed E-state index contributed by atoms with van der Waals surface area (Å²) in [6, 6.07) is 6.01. The third-order valence-electron chi connectivity index (χ3n) is 4.67. The molecule has 1 aliphatic heterocycles. The number of rotatable bonds is 9. The molecule has 1 atom stereocenters. The summed E-state index contributed by atoms with van der Waals surface area (Å²) in [5, 5.41) is 6.80. The van der Waals surface area contributed by atoms with Crippen LogP contribution in [0.3, 0.4) is 0 Å². The fourth-order valence-electron chi connectivity index (χ4n) is 3.14. The SMILES string of the molecule is CN=C(NCCc1ccc(OC)c(OC)c1)NCC(C)CN1CCOCC1.I. The van der Waals surface area contributed by atoms with Crippen LogP contribution in [-0.2, 0) is 11.2 Å². The third kappa shape index (κ3) is 8.40. The van der Waals surface area contributed by atoms with E-state index in [1.165, 1.54) is 5.56 Å². The van der Waals surface area contributed by atoms with E-state index in [0.717, 1.165) is 69.8 Å². The highest BCUT2D eigenvalue weighted by molar-refractivity contribution is 14.0. The summed E-state index contributed by atoms with van der Waals surface area (Å²) in [6.45, 7) is 8.79. The molecule has 1 aromatic rings. The molecule has 1 heterocycles. The highest BCUT2D eigenvalue weighted by atomic mass is 127. The van der Waals surface area contributed by atoms with Crippen LogP contribution in [0.4, 0.5) is 0 Å². The van der Waals surface area contributed by atoms with Crippen molar-refractivity contribution in [2.45, 2.75) is 13.3 Å². The molecule has 0 spiro atoms. The number of aliphatic imine (C=N–C) groups is 1. The van der Waals surface area contributed by atoms with Gasteiger partial charge in [-0.05, 0) is 30.0 Å². The molecule has 28 heavy (non-hydrogen) atoms. The van der Waals surface area contributed by atoms with Gasteiger partial charge in [-0.2, -0.15) is 0 Å². The molecule has 7 nitrogen and oxygen atoms in total. The van der Waals surface area contributed by atoms with Crippen LogP contribution in [0.1, 0.15) is 12.5 Å². The van der Waals surface area contributed by atoms with Crippen LogP contribution in [-0.4, -0.2) is 78.1 Å². The number of hydrogen-bond acceptors (Lipinski definition) is 5. The zero-order valence-electron chi connectivity index (χ0n) is 17.5. The molecule has 2 rings (SSSR count). The molecule has 1 saturated heterocycles. The fourth-order valence-corrected chi connectivity index (χ4v) is 3.14. The largest absolute Gasteiger partial charge is 0.493 e. The fraction of sp³-hybridized carbons (Fsp3) is 0.650. The Balaban J connectivity index is 0.00000392. The molecule has 1 aromatic carbocycles. The van der Waals surface area contributed by atoms with Gasteiger partial charge in [0.05, 0.1) is 27.4 Å². The van der Waals surface area contributed by atoms with Gasteiger partial charge in [-0.25, -0.2) is 0 Å². The lowest BCUT2D eigenvalue weighted by Crippen LogP contribution is -2.44. The van der Waals surface area contributed by atoms with Crippen molar-refractivity contribution in [3.05, 3.63) is 23.8 Å². The number of morpholine rings is 1. The van der Waals surface area contributed by atoms with Crippen molar-refractivity contribution in [1.29, 1.82) is 0 Å². The minimum Gasteiger partial charge on any atom is -0.493 e. The lowest BCUT2D eigenvalue weighted by Gasteiger charge is -2.29. The maximum Gasteiger partial charge on any atom is 0.190 e. The molecule has 1 unspecified atom stereocenters. The smallest absolute Gasteiger partial charge is 0.190 e. The predicted molar refractivity (Wildman–Crippen MR) is 124 cm³/mol. The number of nitrogens with zero attached hydrogens (tertiary/aromatic N) is 2. The van der Waals surface area contributed by atoms with Gasteiger partial charge in [0.15, 0.2) is 17.5 Å². The zero-order valence-corrected chi connectivity index (χ0v) is 19.8. The highest BCUT2D eigenvalue weighted by Gasteiger charge is 2.14. The van der Waals surface area contributed by atoms with E-state index in [1.807, 2.05) is 12.1 Å². The Kier molecular flexibility index (Phi) is 12.2. The van der Waals surface area contributed by atoms with E-state index in [1.54, 1.807) is 21.3 Å². The van der Waals surface area contributed by atoms with Crippen molar-refractivity contribution in [2.24, 2.45) is 10.9 Å². The van der Waals surface area contributed by atoms with Crippen molar-refractivity contribution < 1.29 is 14.2 Å². The number of guanidine groups is 1. The molecule has 1 aliphatic rings. The van der Waals surface area contributed by atoms with E-state index in [2.05, 4.69) is 33.5 Å². The Morgan fingerprint density at radius 1 is 1.18 bits per heavy atom. The number of nitrogens with one attached hydrogen (secondary N) is 2. The zero-order chi connectivity index (χ0) is 19.5. The minimum atomic E-state index is 0. The summed E-state index contributed by atoms with van der Waals surface area (Å²) in [5.74, 6) is 2.90. The number of hydrogen-bond donors (Lipinski definition) is 2. The van der Waals surface area contributed by atoms with Crippen LogP contribution in [0.2, 0.25) is 0 Å². The van der Waals surface area contributed by atoms with Crippen LogP contribution in [0.15, 0.2) is 23.2 Å². The summed E-state index contributed by atoms with van der Waals surface area (Å²) in [4.78, 5) is 6.78. The van der Waals surface area contributed by atoms with Crippen LogP contribution < -0.4 is 20.1 Å². The Morgan fingerprint density at radius 2 is 1.89 bits per heavy atom. The first-order chi connectivity index (χ1) is 13.2. The van der Waals surface area contributed by atoms with E-state index < -0.39 is 0 Å². The Labute approximate surface area is 186 Å². The van der Waals surface area contributed by atoms with E-state index in [9.17, 15) is 0 Å². The molecule has 160 valence electrons. The first kappa shape index (κ1) is 24.8. The van der Waals surface area contributed by atoms with Crippen molar-refractivity contribution >= 4 is 29.9 Å². The van der Waals surface area contributed by atoms with Gasteiger partial charge in [0.2, 0.25) is 0 Å². The lowest BCUT2D eigenvalue weighted by atomic mass is 10.1. The Bertz CT molecular complexity index is 595. The second-order valence-corrected chi connectivity index (χ2v) is 6.84. The maximum atomic E-state index is 5.40. The van der Waals surface area contributed by atoms with Gasteiger partial charge in [-0.1, -0.05) is 13.0 Å². The number of halogens is 1. The molecule has 8 heteroatoms. The predicted octanol–water partition coefficient (Wildman–Crippen LogP) is 2.00. The summed E-state index contributed by atoms with van der Waals surface area (Å²) in [5.41, 5.74) is 1.19. The molecule has 2 N–H and O–H groups in total. The van der Waals surface area contributed by atoms with E-state index in [4.69, 9.17) is 14.2 Å². The van der Waals surface area contributed by atoms with E-state index in [0.29, 0.717) is 5.92 Å². The van der Waals surface area contributed by atoms with Gasteiger partial charge >= 0.3 is 0 Å². The average molecular weight is 506 g/mol. The number of benzene rings is 1. The van der Waals surface area contributed by atoms with Crippen LogP contribution in [0.5, 0.6) is 11.5 Å². The number of ether oxygens (including phenoxy) is 3. The monoisotopic (exact) mass is 506 g/mol. The standard InChI is InChI=1S/C20H34N4O3.HI/c1-16(15-24-9-11-27-12-10-24)14-23-20(21-2)22-8-7-17-5-6-18(25-3)19(13-17)26-4;/h5-6,13,16H,7-12,14-15H2,1-4H3,(H2,21,22,23);1H. The van der Waals surface area contributed by atoms with Gasteiger partial charge in [0, 0.05) is 39.8 Å². The van der Waals surface area contributed by atoms with Gasteiger partial charge in [-0.3, -0.25) is 9.89 Å². The quantitative estimate of drug-likeness (QED) is 0.304. The minimum absolute atomic E-state index is 0. The molecular weight excluding hydrogens is 471 g/mol. The molecular formula is C20H35IN4O3. The van der Waals surface area contributed by atoms with Crippen molar-refractivity contribution in [3.8, 4) is 11.5 Å². The second-order valence-electron chi connectivity index (χ2n) is 6.84. The lowest BCUT2D eigenvalue weighted by molar-refractivity contribution is 0.0320. The summed E-state index contributed by atoms with van der Waals surface area (Å²) in [7, 11) is 5.11. The van der Waals surface area contributed by atoms with Crippen LogP contribution in [0.25, 0.3) is 0 Å². The first-order valence-electron chi connectivity index (χ1n) is 9.61.